The van der Waals surface area contributed by atoms with Crippen molar-refractivity contribution in [3.8, 4) is 0 Å². The number of amides is 1. The predicted molar refractivity (Wildman–Crippen MR) is 96.2 cm³/mol. The third kappa shape index (κ3) is 3.70. The van der Waals surface area contributed by atoms with Crippen molar-refractivity contribution in [2.75, 3.05) is 23.3 Å². The summed E-state index contributed by atoms with van der Waals surface area (Å²) >= 11 is 6.09. The van der Waals surface area contributed by atoms with Crippen LogP contribution in [0.25, 0.3) is 0 Å². The molecule has 3 nitrogen and oxygen atoms in total. The van der Waals surface area contributed by atoms with Gasteiger partial charge in [0.05, 0.1) is 5.69 Å². The Kier molecular flexibility index (Phi) is 5.05. The number of hydrogen-bond acceptors (Lipinski definition) is 2. The van der Waals surface area contributed by atoms with Crippen molar-refractivity contribution in [1.82, 2.24) is 0 Å². The quantitative estimate of drug-likeness (QED) is 0.877. The molecule has 2 aromatic carbocycles. The largest absolute Gasteiger partial charge is 0.369 e. The Morgan fingerprint density at radius 1 is 1.21 bits per heavy atom. The minimum absolute atomic E-state index is 0.00287. The van der Waals surface area contributed by atoms with Crippen molar-refractivity contribution in [3.05, 3.63) is 58.9 Å². The van der Waals surface area contributed by atoms with Crippen LogP contribution in [0.5, 0.6) is 0 Å². The Balaban J connectivity index is 1.59. The molecule has 5 heteroatoms. The topological polar surface area (TPSA) is 32.3 Å². The summed E-state index contributed by atoms with van der Waals surface area (Å²) in [6.07, 6.45) is 1.42. The zero-order chi connectivity index (χ0) is 17.1. The van der Waals surface area contributed by atoms with E-state index in [1.165, 1.54) is 6.07 Å². The van der Waals surface area contributed by atoms with Crippen LogP contribution >= 0.6 is 11.6 Å². The average molecular weight is 347 g/mol. The summed E-state index contributed by atoms with van der Waals surface area (Å²) in [5, 5.41) is 3.57. The van der Waals surface area contributed by atoms with E-state index in [1.807, 2.05) is 30.0 Å². The lowest BCUT2D eigenvalue weighted by molar-refractivity contribution is -0.120. The first-order chi connectivity index (χ1) is 11.5. The van der Waals surface area contributed by atoms with Crippen LogP contribution < -0.4 is 10.2 Å². The summed E-state index contributed by atoms with van der Waals surface area (Å²) in [4.78, 5) is 14.4. The first-order valence-electron chi connectivity index (χ1n) is 8.11. The second-order valence-corrected chi connectivity index (χ2v) is 6.57. The molecule has 0 bridgehead atoms. The van der Waals surface area contributed by atoms with Gasteiger partial charge < -0.3 is 10.2 Å². The van der Waals surface area contributed by atoms with Gasteiger partial charge in [-0.15, -0.1) is 0 Å². The van der Waals surface area contributed by atoms with Gasteiger partial charge in [0.1, 0.15) is 5.82 Å². The number of rotatable bonds is 3. The Morgan fingerprint density at radius 3 is 2.58 bits per heavy atom. The third-order valence-electron chi connectivity index (χ3n) is 4.50. The maximum atomic E-state index is 13.9. The number of benzene rings is 2. The first kappa shape index (κ1) is 16.8. The molecule has 1 fully saturated rings. The van der Waals surface area contributed by atoms with Crippen LogP contribution in [0.2, 0.25) is 5.02 Å². The summed E-state index contributed by atoms with van der Waals surface area (Å²) in [7, 11) is 0. The Labute approximate surface area is 146 Å². The lowest BCUT2D eigenvalue weighted by Gasteiger charge is -2.33. The molecular formula is C19H20ClFN2O. The Bertz CT molecular complexity index is 742. The molecule has 0 unspecified atom stereocenters. The van der Waals surface area contributed by atoms with Gasteiger partial charge in [-0.05, 0) is 49.6 Å². The fourth-order valence-corrected chi connectivity index (χ4v) is 3.19. The summed E-state index contributed by atoms with van der Waals surface area (Å²) in [6, 6.07) is 12.3. The summed E-state index contributed by atoms with van der Waals surface area (Å²) in [5.41, 5.74) is 2.31. The van der Waals surface area contributed by atoms with Crippen LogP contribution in [0, 0.1) is 18.7 Å². The number of hydrogen-bond donors (Lipinski definition) is 1. The highest BCUT2D eigenvalue weighted by Crippen LogP contribution is 2.27. The molecule has 1 saturated heterocycles. The number of aryl methyl sites for hydroxylation is 1. The number of piperidine rings is 1. The van der Waals surface area contributed by atoms with Gasteiger partial charge in [-0.1, -0.05) is 29.8 Å². The van der Waals surface area contributed by atoms with Crippen molar-refractivity contribution < 1.29 is 9.18 Å². The Hall–Kier alpha value is -2.07. The molecule has 24 heavy (non-hydrogen) atoms. The van der Waals surface area contributed by atoms with E-state index in [1.54, 1.807) is 18.2 Å². The molecule has 0 aromatic heterocycles. The minimum Gasteiger partial charge on any atom is -0.369 e. The summed E-state index contributed by atoms with van der Waals surface area (Å²) in [6.45, 7) is 3.27. The molecular weight excluding hydrogens is 327 g/mol. The SMILES string of the molecule is Cc1ccc(NC(=O)C2CCN(c3ccccc3F)CC2)cc1Cl. The van der Waals surface area contributed by atoms with E-state index in [0.29, 0.717) is 42.3 Å². The number of carbonyl (C=O) groups excluding carboxylic acids is 1. The lowest BCUT2D eigenvalue weighted by Crippen LogP contribution is -2.38. The average Bonchev–Trinajstić information content (AvgIpc) is 2.59. The zero-order valence-electron chi connectivity index (χ0n) is 13.6. The van der Waals surface area contributed by atoms with E-state index in [0.717, 1.165) is 5.56 Å². The number of para-hydroxylation sites is 1. The minimum atomic E-state index is -0.213. The third-order valence-corrected chi connectivity index (χ3v) is 4.91. The molecule has 1 amide bonds. The molecule has 3 rings (SSSR count). The summed E-state index contributed by atoms with van der Waals surface area (Å²) in [5.74, 6) is -0.272. The monoisotopic (exact) mass is 346 g/mol. The molecule has 126 valence electrons. The van der Waals surface area contributed by atoms with Gasteiger partial charge in [0.15, 0.2) is 0 Å². The molecule has 1 heterocycles. The van der Waals surface area contributed by atoms with E-state index in [4.69, 9.17) is 11.6 Å². The van der Waals surface area contributed by atoms with Crippen molar-refractivity contribution in [3.63, 3.8) is 0 Å². The Morgan fingerprint density at radius 2 is 1.92 bits per heavy atom. The number of halogens is 2. The van der Waals surface area contributed by atoms with E-state index < -0.39 is 0 Å². The van der Waals surface area contributed by atoms with Gasteiger partial charge >= 0.3 is 0 Å². The number of anilines is 2. The molecule has 0 radical (unpaired) electrons. The van der Waals surface area contributed by atoms with E-state index >= 15 is 0 Å². The van der Waals surface area contributed by atoms with Gasteiger partial charge in [-0.2, -0.15) is 0 Å². The van der Waals surface area contributed by atoms with Gasteiger partial charge in [0.2, 0.25) is 5.91 Å². The summed E-state index contributed by atoms with van der Waals surface area (Å²) < 4.78 is 13.9. The molecule has 0 saturated carbocycles. The van der Waals surface area contributed by atoms with Crippen LogP contribution in [0.3, 0.4) is 0 Å². The zero-order valence-corrected chi connectivity index (χ0v) is 14.3. The van der Waals surface area contributed by atoms with Crippen LogP contribution in [0.1, 0.15) is 18.4 Å². The van der Waals surface area contributed by atoms with Gasteiger partial charge in [0, 0.05) is 29.7 Å². The fraction of sp³-hybridized carbons (Fsp3) is 0.316. The van der Waals surface area contributed by atoms with E-state index in [2.05, 4.69) is 5.32 Å². The van der Waals surface area contributed by atoms with Crippen molar-refractivity contribution in [2.24, 2.45) is 5.92 Å². The van der Waals surface area contributed by atoms with Crippen LogP contribution in [0.4, 0.5) is 15.8 Å². The molecule has 0 spiro atoms. The second kappa shape index (κ2) is 7.22. The molecule has 0 atom stereocenters. The predicted octanol–water partition coefficient (Wildman–Crippen LogP) is 4.64. The highest BCUT2D eigenvalue weighted by atomic mass is 35.5. The van der Waals surface area contributed by atoms with Crippen LogP contribution in [-0.2, 0) is 4.79 Å². The highest BCUT2D eigenvalue weighted by molar-refractivity contribution is 6.31. The number of nitrogens with zero attached hydrogens (tertiary/aromatic N) is 1. The van der Waals surface area contributed by atoms with Crippen LogP contribution in [-0.4, -0.2) is 19.0 Å². The van der Waals surface area contributed by atoms with Crippen molar-refractivity contribution >= 4 is 28.9 Å². The van der Waals surface area contributed by atoms with Gasteiger partial charge in [-0.3, -0.25) is 4.79 Å². The van der Waals surface area contributed by atoms with Gasteiger partial charge in [-0.25, -0.2) is 4.39 Å². The number of nitrogens with one attached hydrogen (secondary N) is 1. The number of carbonyl (C=O) groups is 1. The molecule has 1 aliphatic rings. The van der Waals surface area contributed by atoms with Crippen molar-refractivity contribution in [2.45, 2.75) is 19.8 Å². The normalized spacial score (nSPS) is 15.4. The maximum absolute atomic E-state index is 13.9. The lowest BCUT2D eigenvalue weighted by atomic mass is 9.95. The molecule has 1 aliphatic heterocycles. The van der Waals surface area contributed by atoms with E-state index in [-0.39, 0.29) is 17.6 Å². The highest BCUT2D eigenvalue weighted by Gasteiger charge is 2.26. The maximum Gasteiger partial charge on any atom is 0.227 e. The van der Waals surface area contributed by atoms with Crippen molar-refractivity contribution in [1.29, 1.82) is 0 Å². The first-order valence-corrected chi connectivity index (χ1v) is 8.49. The van der Waals surface area contributed by atoms with E-state index in [9.17, 15) is 9.18 Å². The standard InChI is InChI=1S/C19H20ClFN2O/c1-13-6-7-15(12-16(13)20)22-19(24)14-8-10-23(11-9-14)18-5-3-2-4-17(18)21/h2-7,12,14H,8-11H2,1H3,(H,22,24). The van der Waals surface area contributed by atoms with Crippen LogP contribution in [0.15, 0.2) is 42.5 Å². The molecule has 2 aromatic rings. The fourth-order valence-electron chi connectivity index (χ4n) is 3.01. The second-order valence-electron chi connectivity index (χ2n) is 6.17. The van der Waals surface area contributed by atoms with Gasteiger partial charge in [0.25, 0.3) is 0 Å². The molecule has 0 aliphatic carbocycles. The molecule has 1 N–H and O–H groups in total. The smallest absolute Gasteiger partial charge is 0.227 e.